The summed E-state index contributed by atoms with van der Waals surface area (Å²) < 4.78 is 24.1. The van der Waals surface area contributed by atoms with E-state index in [2.05, 4.69) is 15.6 Å². The number of rotatable bonds is 6. The van der Waals surface area contributed by atoms with Crippen molar-refractivity contribution in [2.45, 2.75) is 25.0 Å². The zero-order valence-electron chi connectivity index (χ0n) is 15.4. The van der Waals surface area contributed by atoms with Gasteiger partial charge in [0.15, 0.2) is 0 Å². The summed E-state index contributed by atoms with van der Waals surface area (Å²) in [5.74, 6) is 0.436. The number of pyridine rings is 1. The van der Waals surface area contributed by atoms with Crippen LogP contribution in [0, 0.1) is 5.82 Å². The number of aromatic nitrogens is 1. The first-order valence-corrected chi connectivity index (χ1v) is 8.54. The molecule has 0 aliphatic carbocycles. The summed E-state index contributed by atoms with van der Waals surface area (Å²) in [4.78, 5) is 16.7. The Morgan fingerprint density at radius 2 is 1.89 bits per heavy atom. The number of benzene rings is 1. The summed E-state index contributed by atoms with van der Waals surface area (Å²) in [6.07, 6.45) is 2.90. The van der Waals surface area contributed by atoms with Crippen LogP contribution in [0.3, 0.4) is 0 Å². The van der Waals surface area contributed by atoms with E-state index in [1.165, 1.54) is 24.3 Å². The molecule has 9 heteroatoms. The lowest BCUT2D eigenvalue weighted by Crippen LogP contribution is -2.53. The Morgan fingerprint density at radius 1 is 1.21 bits per heavy atom. The third-order valence-electron chi connectivity index (χ3n) is 4.50. The van der Waals surface area contributed by atoms with Crippen LogP contribution in [0.15, 0.2) is 42.6 Å². The summed E-state index contributed by atoms with van der Waals surface area (Å²) in [7, 11) is 1.58. The molecule has 0 unspecified atom stereocenters. The normalized spacial score (nSPS) is 14.9. The van der Waals surface area contributed by atoms with Crippen LogP contribution in [0.25, 0.3) is 0 Å². The average molecular weight is 432 g/mol. The smallest absolute Gasteiger partial charge is 0.252 e. The Hall–Kier alpha value is -1.93. The predicted molar refractivity (Wildman–Crippen MR) is 109 cm³/mol. The van der Waals surface area contributed by atoms with Gasteiger partial charge in [-0.15, -0.1) is 24.8 Å². The number of nitrogens with zero attached hydrogens (tertiary/aromatic N) is 1. The van der Waals surface area contributed by atoms with Crippen LogP contribution < -0.4 is 15.4 Å². The minimum Gasteiger partial charge on any atom is -0.439 e. The van der Waals surface area contributed by atoms with Crippen LogP contribution in [0.1, 0.15) is 18.4 Å². The van der Waals surface area contributed by atoms with Crippen molar-refractivity contribution in [3.63, 3.8) is 0 Å². The fourth-order valence-electron chi connectivity index (χ4n) is 2.94. The number of carbonyl (C=O) groups excluding carboxylic acids is 1. The SMILES string of the molecule is COC1(C(=O)NCc2ccnc(Oc3ccc(F)cc3)c2)CCNCC1.Cl.Cl. The first kappa shape index (κ1) is 24.1. The van der Waals surface area contributed by atoms with Crippen LogP contribution in [0.4, 0.5) is 4.39 Å². The number of piperidine rings is 1. The lowest BCUT2D eigenvalue weighted by molar-refractivity contribution is -0.146. The standard InChI is InChI=1S/C19H22FN3O3.2ClH/c1-25-19(7-10-21-11-8-19)18(24)23-13-14-6-9-22-17(12-14)26-16-4-2-15(20)3-5-16;;/h2-6,9,12,21H,7-8,10-11,13H2,1H3,(H,23,24);2*1H. The predicted octanol–water partition coefficient (Wildman–Crippen LogP) is 3.24. The fraction of sp³-hybridized carbons (Fsp3) is 0.368. The maximum Gasteiger partial charge on any atom is 0.252 e. The summed E-state index contributed by atoms with van der Waals surface area (Å²) in [6.45, 7) is 1.86. The molecule has 2 N–H and O–H groups in total. The van der Waals surface area contributed by atoms with E-state index >= 15 is 0 Å². The Bertz CT molecular complexity index is 756. The highest BCUT2D eigenvalue weighted by Crippen LogP contribution is 2.23. The first-order valence-electron chi connectivity index (χ1n) is 8.54. The molecule has 0 spiro atoms. The van der Waals surface area contributed by atoms with Crippen LogP contribution >= 0.6 is 24.8 Å². The molecular weight excluding hydrogens is 408 g/mol. The van der Waals surface area contributed by atoms with Gasteiger partial charge in [0.25, 0.3) is 5.91 Å². The Kier molecular flexibility index (Phi) is 9.61. The Labute approximate surface area is 176 Å². The second-order valence-corrected chi connectivity index (χ2v) is 6.19. The summed E-state index contributed by atoms with van der Waals surface area (Å²) >= 11 is 0. The van der Waals surface area contributed by atoms with E-state index < -0.39 is 5.60 Å². The van der Waals surface area contributed by atoms with Gasteiger partial charge in [-0.1, -0.05) is 0 Å². The number of hydrogen-bond donors (Lipinski definition) is 2. The van der Waals surface area contributed by atoms with Gasteiger partial charge in [-0.3, -0.25) is 4.79 Å². The number of nitrogens with one attached hydrogen (secondary N) is 2. The summed E-state index contributed by atoms with van der Waals surface area (Å²) in [5, 5.41) is 6.16. The highest BCUT2D eigenvalue weighted by molar-refractivity contribution is 5.86. The molecule has 0 radical (unpaired) electrons. The third kappa shape index (κ3) is 6.04. The second-order valence-electron chi connectivity index (χ2n) is 6.19. The van der Waals surface area contributed by atoms with Crippen LogP contribution in [0.2, 0.25) is 0 Å². The zero-order valence-corrected chi connectivity index (χ0v) is 17.1. The van der Waals surface area contributed by atoms with Crippen LogP contribution in [0.5, 0.6) is 11.6 Å². The molecule has 2 aromatic rings. The van der Waals surface area contributed by atoms with Gasteiger partial charge in [0.1, 0.15) is 17.2 Å². The van der Waals surface area contributed by atoms with E-state index in [1.54, 1.807) is 25.4 Å². The van der Waals surface area contributed by atoms with E-state index in [-0.39, 0.29) is 36.5 Å². The van der Waals surface area contributed by atoms with Crippen molar-refractivity contribution in [2.75, 3.05) is 20.2 Å². The molecule has 154 valence electrons. The summed E-state index contributed by atoms with van der Waals surface area (Å²) in [5.41, 5.74) is 0.0804. The van der Waals surface area contributed by atoms with Crippen LogP contribution in [-0.4, -0.2) is 36.7 Å². The van der Waals surface area contributed by atoms with Gasteiger partial charge >= 0.3 is 0 Å². The first-order chi connectivity index (χ1) is 12.6. The largest absolute Gasteiger partial charge is 0.439 e. The van der Waals surface area contributed by atoms with Gasteiger partial charge in [-0.05, 0) is 61.8 Å². The molecule has 0 atom stereocenters. The van der Waals surface area contributed by atoms with Crippen molar-refractivity contribution in [1.82, 2.24) is 15.6 Å². The minimum atomic E-state index is -0.772. The Morgan fingerprint density at radius 3 is 2.54 bits per heavy atom. The van der Waals surface area contributed by atoms with Gasteiger partial charge in [0, 0.05) is 25.9 Å². The molecular formula is C19H24Cl2FN3O3. The summed E-state index contributed by atoms with van der Waals surface area (Å²) in [6, 6.07) is 9.26. The van der Waals surface area contributed by atoms with Crippen molar-refractivity contribution in [1.29, 1.82) is 0 Å². The molecule has 2 heterocycles. The van der Waals surface area contributed by atoms with Gasteiger partial charge in [0.05, 0.1) is 0 Å². The minimum absolute atomic E-state index is 0. The van der Waals surface area contributed by atoms with Crippen molar-refractivity contribution >= 4 is 30.7 Å². The maximum absolute atomic E-state index is 13.0. The van der Waals surface area contributed by atoms with E-state index in [0.717, 1.165) is 18.7 Å². The van der Waals surface area contributed by atoms with E-state index in [4.69, 9.17) is 9.47 Å². The molecule has 1 aliphatic heterocycles. The zero-order chi connectivity index (χ0) is 18.4. The molecule has 1 fully saturated rings. The number of hydrogen-bond acceptors (Lipinski definition) is 5. The molecule has 1 saturated heterocycles. The average Bonchev–Trinajstić information content (AvgIpc) is 2.69. The van der Waals surface area contributed by atoms with Crippen LogP contribution in [-0.2, 0) is 16.1 Å². The number of halogens is 3. The van der Waals surface area contributed by atoms with Gasteiger partial charge in [-0.25, -0.2) is 9.37 Å². The molecule has 3 rings (SSSR count). The van der Waals surface area contributed by atoms with E-state index in [1.807, 2.05) is 0 Å². The fourth-order valence-corrected chi connectivity index (χ4v) is 2.94. The monoisotopic (exact) mass is 431 g/mol. The quantitative estimate of drug-likeness (QED) is 0.734. The van der Waals surface area contributed by atoms with Crippen molar-refractivity contribution in [3.05, 3.63) is 54.0 Å². The molecule has 0 saturated carbocycles. The van der Waals surface area contributed by atoms with E-state index in [0.29, 0.717) is 31.0 Å². The number of amides is 1. The lowest BCUT2D eigenvalue weighted by atomic mass is 9.91. The maximum atomic E-state index is 13.0. The van der Waals surface area contributed by atoms with Gasteiger partial charge in [0.2, 0.25) is 5.88 Å². The molecule has 1 aromatic heterocycles. The number of ether oxygens (including phenoxy) is 2. The van der Waals surface area contributed by atoms with Crippen molar-refractivity contribution in [3.8, 4) is 11.6 Å². The topological polar surface area (TPSA) is 72.5 Å². The third-order valence-corrected chi connectivity index (χ3v) is 4.50. The molecule has 0 bridgehead atoms. The molecule has 1 aromatic carbocycles. The lowest BCUT2D eigenvalue weighted by Gasteiger charge is -2.34. The molecule has 6 nitrogen and oxygen atoms in total. The van der Waals surface area contributed by atoms with Crippen molar-refractivity contribution in [2.24, 2.45) is 0 Å². The van der Waals surface area contributed by atoms with E-state index in [9.17, 15) is 9.18 Å². The second kappa shape index (κ2) is 11.2. The van der Waals surface area contributed by atoms with Gasteiger partial charge < -0.3 is 20.1 Å². The highest BCUT2D eigenvalue weighted by atomic mass is 35.5. The van der Waals surface area contributed by atoms with Gasteiger partial charge in [-0.2, -0.15) is 0 Å². The molecule has 1 amide bonds. The molecule has 1 aliphatic rings. The molecule has 28 heavy (non-hydrogen) atoms. The Balaban J connectivity index is 0.00000196. The number of carbonyl (C=O) groups is 1. The highest BCUT2D eigenvalue weighted by Gasteiger charge is 2.39. The number of methoxy groups -OCH3 is 1. The van der Waals surface area contributed by atoms with Crippen molar-refractivity contribution < 1.29 is 18.7 Å².